The van der Waals surface area contributed by atoms with Crippen molar-refractivity contribution in [3.05, 3.63) is 69.8 Å². The summed E-state index contributed by atoms with van der Waals surface area (Å²) in [5.41, 5.74) is 2.25. The molecule has 0 aliphatic carbocycles. The molecule has 6 nitrogen and oxygen atoms in total. The van der Waals surface area contributed by atoms with Crippen LogP contribution in [0, 0.1) is 19.8 Å². The number of hydrogen-bond acceptors (Lipinski definition) is 4. The minimum absolute atomic E-state index is 0.0454. The number of carboxylic acids is 1. The number of nitrogens with zero attached hydrogens (tertiary/aromatic N) is 1. The lowest BCUT2D eigenvalue weighted by Crippen LogP contribution is -2.50. The van der Waals surface area contributed by atoms with Crippen molar-refractivity contribution in [3.8, 4) is 0 Å². The number of Topliss-reactive ketones (excluding diaryl/α,β-unsaturated/α-hetero) is 1. The molecule has 0 spiro atoms. The standard InChI is InChI=1S/C33H47NO5/c1-11-32(12-2,24-15-17-26(21(5)19-24)28(35)23(7)33(39,13-3)14-4)25-16-18-27(22(6)20-25)29(36)34(10)31(8,9)30(37)38/h15-20,23,39H,11-14H2,1-10H3,(H,37,38). The highest BCUT2D eigenvalue weighted by atomic mass is 16.4. The summed E-state index contributed by atoms with van der Waals surface area (Å²) >= 11 is 0. The SMILES string of the molecule is CCC(CC)(c1ccc(C(=O)C(C)C(O)(CC)CC)c(C)c1)c1ccc(C(=O)N(C)C(C)(C)C(=O)O)c(C)c1. The number of aliphatic hydroxyl groups is 1. The van der Waals surface area contributed by atoms with Crippen LogP contribution in [-0.2, 0) is 10.2 Å². The molecule has 0 fully saturated rings. The molecule has 0 aromatic heterocycles. The Labute approximate surface area is 234 Å². The van der Waals surface area contributed by atoms with Crippen molar-refractivity contribution in [2.75, 3.05) is 7.05 Å². The average Bonchev–Trinajstić information content (AvgIpc) is 2.92. The fraction of sp³-hybridized carbons (Fsp3) is 0.545. The van der Waals surface area contributed by atoms with Crippen LogP contribution in [0.3, 0.4) is 0 Å². The Balaban J connectivity index is 2.53. The lowest BCUT2D eigenvalue weighted by molar-refractivity contribution is -0.147. The molecule has 0 heterocycles. The smallest absolute Gasteiger partial charge is 0.329 e. The number of benzene rings is 2. The van der Waals surface area contributed by atoms with Gasteiger partial charge in [-0.1, -0.05) is 65.0 Å². The average molecular weight is 538 g/mol. The van der Waals surface area contributed by atoms with E-state index in [1.165, 1.54) is 25.8 Å². The lowest BCUT2D eigenvalue weighted by atomic mass is 9.69. The van der Waals surface area contributed by atoms with Crippen molar-refractivity contribution in [2.45, 2.75) is 105 Å². The van der Waals surface area contributed by atoms with E-state index in [1.807, 2.05) is 58.9 Å². The summed E-state index contributed by atoms with van der Waals surface area (Å²) in [6.45, 7) is 16.8. The highest BCUT2D eigenvalue weighted by molar-refractivity contribution is 6.00. The number of rotatable bonds is 12. The molecule has 6 heteroatoms. The van der Waals surface area contributed by atoms with Crippen molar-refractivity contribution in [1.29, 1.82) is 0 Å². The van der Waals surface area contributed by atoms with Gasteiger partial charge in [0, 0.05) is 29.5 Å². The first kappa shape index (κ1) is 32.2. The lowest BCUT2D eigenvalue weighted by Gasteiger charge is -2.35. The molecule has 2 aromatic rings. The third-order valence-corrected chi connectivity index (χ3v) is 9.35. The largest absolute Gasteiger partial charge is 0.480 e. The predicted molar refractivity (Wildman–Crippen MR) is 157 cm³/mol. The highest BCUT2D eigenvalue weighted by Crippen LogP contribution is 2.41. The Bertz CT molecular complexity index is 1220. The van der Waals surface area contributed by atoms with Crippen LogP contribution in [0.25, 0.3) is 0 Å². The van der Waals surface area contributed by atoms with E-state index in [1.54, 1.807) is 6.07 Å². The van der Waals surface area contributed by atoms with Gasteiger partial charge in [-0.15, -0.1) is 0 Å². The minimum Gasteiger partial charge on any atom is -0.480 e. The third kappa shape index (κ3) is 5.81. The number of likely N-dealkylation sites (N-methyl/N-ethyl adjacent to an activating group) is 1. The molecule has 0 aliphatic rings. The summed E-state index contributed by atoms with van der Waals surface area (Å²) in [6.07, 6.45) is 2.67. The Morgan fingerprint density at radius 3 is 1.62 bits per heavy atom. The van der Waals surface area contributed by atoms with Gasteiger partial charge < -0.3 is 15.1 Å². The normalized spacial score (nSPS) is 13.2. The zero-order chi connectivity index (χ0) is 29.9. The number of carbonyl (C=O) groups is 3. The number of ketones is 1. The topological polar surface area (TPSA) is 94.9 Å². The minimum atomic E-state index is -1.34. The van der Waals surface area contributed by atoms with Crippen molar-refractivity contribution in [2.24, 2.45) is 5.92 Å². The fourth-order valence-corrected chi connectivity index (χ4v) is 5.59. The summed E-state index contributed by atoms with van der Waals surface area (Å²) in [7, 11) is 1.51. The predicted octanol–water partition coefficient (Wildman–Crippen LogP) is 6.71. The molecule has 2 N–H and O–H groups in total. The Morgan fingerprint density at radius 1 is 0.821 bits per heavy atom. The molecule has 0 bridgehead atoms. The summed E-state index contributed by atoms with van der Waals surface area (Å²) in [5.74, 6) is -1.95. The van der Waals surface area contributed by atoms with Crippen LogP contribution in [-0.4, -0.2) is 51.0 Å². The second-order valence-electron chi connectivity index (χ2n) is 11.5. The molecule has 39 heavy (non-hydrogen) atoms. The van der Waals surface area contributed by atoms with Crippen molar-refractivity contribution in [3.63, 3.8) is 0 Å². The molecular weight excluding hydrogens is 490 g/mol. The van der Waals surface area contributed by atoms with Crippen LogP contribution >= 0.6 is 0 Å². The first-order chi connectivity index (χ1) is 18.1. The summed E-state index contributed by atoms with van der Waals surface area (Å²) < 4.78 is 0. The first-order valence-electron chi connectivity index (χ1n) is 14.1. The van der Waals surface area contributed by atoms with E-state index in [9.17, 15) is 24.6 Å². The quantitative estimate of drug-likeness (QED) is 0.293. The van der Waals surface area contributed by atoms with Gasteiger partial charge in [-0.05, 0) is 81.7 Å². The molecule has 1 amide bonds. The molecule has 0 saturated carbocycles. The molecule has 2 aromatic carbocycles. The van der Waals surface area contributed by atoms with E-state index in [2.05, 4.69) is 19.9 Å². The van der Waals surface area contributed by atoms with Crippen LogP contribution in [0.1, 0.15) is 117 Å². The fourth-order valence-electron chi connectivity index (χ4n) is 5.59. The van der Waals surface area contributed by atoms with Gasteiger partial charge in [0.15, 0.2) is 5.78 Å². The van der Waals surface area contributed by atoms with Gasteiger partial charge in [0.2, 0.25) is 0 Å². The van der Waals surface area contributed by atoms with Gasteiger partial charge in [-0.2, -0.15) is 0 Å². The number of carboxylic acid groups (broad SMARTS) is 1. The second kappa shape index (κ2) is 12.0. The van der Waals surface area contributed by atoms with Crippen LogP contribution in [0.5, 0.6) is 0 Å². The van der Waals surface area contributed by atoms with Gasteiger partial charge in [-0.25, -0.2) is 4.79 Å². The molecule has 0 aliphatic heterocycles. The van der Waals surface area contributed by atoms with Crippen LogP contribution < -0.4 is 0 Å². The molecule has 1 unspecified atom stereocenters. The number of aryl methyl sites for hydroxylation is 2. The Kier molecular flexibility index (Phi) is 9.94. The number of aliphatic carboxylic acids is 1. The van der Waals surface area contributed by atoms with E-state index >= 15 is 0 Å². The molecule has 1 atom stereocenters. The maximum Gasteiger partial charge on any atom is 0.329 e. The van der Waals surface area contributed by atoms with Gasteiger partial charge in [0.25, 0.3) is 5.91 Å². The second-order valence-corrected chi connectivity index (χ2v) is 11.5. The Morgan fingerprint density at radius 2 is 1.26 bits per heavy atom. The van der Waals surface area contributed by atoms with Gasteiger partial charge >= 0.3 is 5.97 Å². The highest BCUT2D eigenvalue weighted by Gasteiger charge is 2.38. The molecule has 2 rings (SSSR count). The van der Waals surface area contributed by atoms with E-state index in [0.717, 1.165) is 35.1 Å². The van der Waals surface area contributed by atoms with E-state index in [0.29, 0.717) is 24.0 Å². The molecule has 0 radical (unpaired) electrons. The molecule has 214 valence electrons. The summed E-state index contributed by atoms with van der Waals surface area (Å²) in [4.78, 5) is 39.5. The zero-order valence-electron chi connectivity index (χ0n) is 25.4. The zero-order valence-corrected chi connectivity index (χ0v) is 25.4. The van der Waals surface area contributed by atoms with Crippen LogP contribution in [0.2, 0.25) is 0 Å². The maximum absolute atomic E-state index is 13.4. The van der Waals surface area contributed by atoms with E-state index < -0.39 is 23.0 Å². The maximum atomic E-state index is 13.4. The number of carbonyl (C=O) groups excluding carboxylic acids is 2. The summed E-state index contributed by atoms with van der Waals surface area (Å²) in [5, 5.41) is 20.5. The third-order valence-electron chi connectivity index (χ3n) is 9.35. The van der Waals surface area contributed by atoms with Crippen molar-refractivity contribution in [1.82, 2.24) is 4.90 Å². The van der Waals surface area contributed by atoms with Crippen molar-refractivity contribution >= 4 is 17.7 Å². The summed E-state index contributed by atoms with van der Waals surface area (Å²) in [6, 6.07) is 11.8. The van der Waals surface area contributed by atoms with Crippen LogP contribution in [0.4, 0.5) is 0 Å². The Hall–Kier alpha value is -2.99. The van der Waals surface area contributed by atoms with E-state index in [-0.39, 0.29) is 17.1 Å². The van der Waals surface area contributed by atoms with Gasteiger partial charge in [-0.3, -0.25) is 9.59 Å². The number of amides is 1. The number of hydrogen-bond donors (Lipinski definition) is 2. The first-order valence-corrected chi connectivity index (χ1v) is 14.1. The molecular formula is C33H47NO5. The van der Waals surface area contributed by atoms with E-state index in [4.69, 9.17) is 0 Å². The van der Waals surface area contributed by atoms with Crippen molar-refractivity contribution < 1.29 is 24.6 Å². The monoisotopic (exact) mass is 537 g/mol. The van der Waals surface area contributed by atoms with Gasteiger partial charge in [0.1, 0.15) is 5.54 Å². The molecule has 0 saturated heterocycles. The van der Waals surface area contributed by atoms with Gasteiger partial charge in [0.05, 0.1) is 5.60 Å². The van der Waals surface area contributed by atoms with Crippen LogP contribution in [0.15, 0.2) is 36.4 Å².